The predicted molar refractivity (Wildman–Crippen MR) is 58.0 cm³/mol. The van der Waals surface area contributed by atoms with Gasteiger partial charge in [0.05, 0.1) is 6.07 Å². The number of nitriles is 1. The Morgan fingerprint density at radius 1 is 1.53 bits per heavy atom. The lowest BCUT2D eigenvalue weighted by Gasteiger charge is -2.08. The van der Waals surface area contributed by atoms with Crippen LogP contribution in [0.5, 0.6) is 0 Å². The molecule has 15 heavy (non-hydrogen) atoms. The third-order valence-corrected chi connectivity index (χ3v) is 1.94. The van der Waals surface area contributed by atoms with Gasteiger partial charge in [-0.15, -0.1) is 6.58 Å². The summed E-state index contributed by atoms with van der Waals surface area (Å²) in [5, 5.41) is 11.5. The standard InChI is InChI=1S/C12H12N2O/c1-2-8-14-12(15)11(9-13)10-6-4-3-5-7-10/h2-7,11H,1,8H2,(H,14,15). The lowest BCUT2D eigenvalue weighted by Crippen LogP contribution is -2.28. The lowest BCUT2D eigenvalue weighted by molar-refractivity contribution is -0.121. The van der Waals surface area contributed by atoms with Gasteiger partial charge in [-0.1, -0.05) is 36.4 Å². The number of amides is 1. The van der Waals surface area contributed by atoms with E-state index in [1.54, 1.807) is 30.3 Å². The van der Waals surface area contributed by atoms with Crippen LogP contribution in [0, 0.1) is 11.3 Å². The molecule has 0 saturated heterocycles. The second-order valence-corrected chi connectivity index (χ2v) is 3.01. The van der Waals surface area contributed by atoms with Crippen molar-refractivity contribution in [2.24, 2.45) is 0 Å². The monoisotopic (exact) mass is 200 g/mol. The van der Waals surface area contributed by atoms with Crippen molar-refractivity contribution in [2.45, 2.75) is 5.92 Å². The van der Waals surface area contributed by atoms with Gasteiger partial charge in [0.2, 0.25) is 5.91 Å². The highest BCUT2D eigenvalue weighted by molar-refractivity contribution is 5.86. The van der Waals surface area contributed by atoms with Crippen LogP contribution in [0.4, 0.5) is 0 Å². The maximum Gasteiger partial charge on any atom is 0.242 e. The highest BCUT2D eigenvalue weighted by atomic mass is 16.1. The number of hydrogen-bond donors (Lipinski definition) is 1. The second-order valence-electron chi connectivity index (χ2n) is 3.01. The Bertz CT molecular complexity index is 378. The van der Waals surface area contributed by atoms with Crippen LogP contribution < -0.4 is 5.32 Å². The smallest absolute Gasteiger partial charge is 0.242 e. The normalized spacial score (nSPS) is 11.1. The minimum Gasteiger partial charge on any atom is -0.351 e. The number of carbonyl (C=O) groups excluding carboxylic acids is 1. The van der Waals surface area contributed by atoms with Crippen LogP contribution in [-0.4, -0.2) is 12.5 Å². The van der Waals surface area contributed by atoms with Gasteiger partial charge in [-0.25, -0.2) is 0 Å². The predicted octanol–water partition coefficient (Wildman–Crippen LogP) is 1.60. The summed E-state index contributed by atoms with van der Waals surface area (Å²) in [5.41, 5.74) is 0.710. The van der Waals surface area contributed by atoms with Crippen LogP contribution in [-0.2, 0) is 4.79 Å². The molecule has 0 fully saturated rings. The molecule has 1 unspecified atom stereocenters. The second kappa shape index (κ2) is 5.61. The summed E-state index contributed by atoms with van der Waals surface area (Å²) in [4.78, 5) is 11.6. The molecule has 1 N–H and O–H groups in total. The Balaban J connectivity index is 2.77. The number of nitrogens with zero attached hydrogens (tertiary/aromatic N) is 1. The highest BCUT2D eigenvalue weighted by Gasteiger charge is 2.18. The Labute approximate surface area is 89.0 Å². The zero-order valence-corrected chi connectivity index (χ0v) is 8.31. The number of benzene rings is 1. The first-order chi connectivity index (χ1) is 7.29. The third-order valence-electron chi connectivity index (χ3n) is 1.94. The molecular formula is C12H12N2O. The number of rotatable bonds is 4. The van der Waals surface area contributed by atoms with E-state index in [0.717, 1.165) is 0 Å². The maximum absolute atomic E-state index is 11.6. The Morgan fingerprint density at radius 3 is 2.73 bits per heavy atom. The van der Waals surface area contributed by atoms with Crippen LogP contribution in [0.15, 0.2) is 43.0 Å². The van der Waals surface area contributed by atoms with Crippen molar-refractivity contribution in [3.05, 3.63) is 48.6 Å². The van der Waals surface area contributed by atoms with Gasteiger partial charge in [0.25, 0.3) is 0 Å². The van der Waals surface area contributed by atoms with Crippen molar-refractivity contribution >= 4 is 5.91 Å². The minimum absolute atomic E-state index is 0.288. The van der Waals surface area contributed by atoms with E-state index in [-0.39, 0.29) is 5.91 Å². The molecule has 3 heteroatoms. The quantitative estimate of drug-likeness (QED) is 0.750. The van der Waals surface area contributed by atoms with Gasteiger partial charge in [-0.3, -0.25) is 4.79 Å². The Hall–Kier alpha value is -2.08. The first-order valence-electron chi connectivity index (χ1n) is 4.62. The Kier molecular flexibility index (Phi) is 4.11. The minimum atomic E-state index is -0.744. The summed E-state index contributed by atoms with van der Waals surface area (Å²) in [6, 6.07) is 11.0. The van der Waals surface area contributed by atoms with Crippen LogP contribution in [0.1, 0.15) is 11.5 Å². The van der Waals surface area contributed by atoms with Crippen molar-refractivity contribution in [3.8, 4) is 6.07 Å². The molecule has 1 rings (SSSR count). The summed E-state index contributed by atoms with van der Waals surface area (Å²) >= 11 is 0. The molecule has 0 aromatic heterocycles. The maximum atomic E-state index is 11.6. The van der Waals surface area contributed by atoms with Crippen molar-refractivity contribution in [1.29, 1.82) is 5.26 Å². The van der Waals surface area contributed by atoms with E-state index in [2.05, 4.69) is 11.9 Å². The van der Waals surface area contributed by atoms with E-state index in [9.17, 15) is 4.79 Å². The fourth-order valence-corrected chi connectivity index (χ4v) is 1.20. The number of nitrogens with one attached hydrogen (secondary N) is 1. The summed E-state index contributed by atoms with van der Waals surface area (Å²) < 4.78 is 0. The molecule has 0 radical (unpaired) electrons. The van der Waals surface area contributed by atoms with Crippen LogP contribution in [0.25, 0.3) is 0 Å². The molecule has 1 amide bonds. The van der Waals surface area contributed by atoms with Crippen LogP contribution in [0.3, 0.4) is 0 Å². The first-order valence-corrected chi connectivity index (χ1v) is 4.62. The molecular weight excluding hydrogens is 188 g/mol. The molecule has 76 valence electrons. The van der Waals surface area contributed by atoms with E-state index < -0.39 is 5.92 Å². The SMILES string of the molecule is C=CCNC(=O)C(C#N)c1ccccc1. The van der Waals surface area contributed by atoms with Gasteiger partial charge in [0.1, 0.15) is 5.92 Å². The summed E-state index contributed by atoms with van der Waals surface area (Å²) in [6.45, 7) is 3.87. The largest absolute Gasteiger partial charge is 0.351 e. The zero-order chi connectivity index (χ0) is 11.1. The zero-order valence-electron chi connectivity index (χ0n) is 8.31. The van der Waals surface area contributed by atoms with Crippen molar-refractivity contribution in [3.63, 3.8) is 0 Å². The van der Waals surface area contributed by atoms with E-state index >= 15 is 0 Å². The molecule has 3 nitrogen and oxygen atoms in total. The molecule has 1 aromatic rings. The van der Waals surface area contributed by atoms with E-state index in [4.69, 9.17) is 5.26 Å². The Morgan fingerprint density at radius 2 is 2.20 bits per heavy atom. The van der Waals surface area contributed by atoms with Gasteiger partial charge in [0, 0.05) is 6.54 Å². The first kappa shape index (κ1) is 11.0. The number of hydrogen-bond acceptors (Lipinski definition) is 2. The van der Waals surface area contributed by atoms with Crippen LogP contribution in [0.2, 0.25) is 0 Å². The number of carbonyl (C=O) groups is 1. The summed E-state index contributed by atoms with van der Waals surface area (Å²) in [7, 11) is 0. The topological polar surface area (TPSA) is 52.9 Å². The van der Waals surface area contributed by atoms with Gasteiger partial charge < -0.3 is 5.32 Å². The van der Waals surface area contributed by atoms with Crippen molar-refractivity contribution in [2.75, 3.05) is 6.54 Å². The average Bonchev–Trinajstić information content (AvgIpc) is 2.29. The van der Waals surface area contributed by atoms with Gasteiger partial charge in [-0.2, -0.15) is 5.26 Å². The van der Waals surface area contributed by atoms with Crippen LogP contribution >= 0.6 is 0 Å². The van der Waals surface area contributed by atoms with E-state index in [1.807, 2.05) is 12.1 Å². The molecule has 1 atom stereocenters. The van der Waals surface area contributed by atoms with E-state index in [1.165, 1.54) is 0 Å². The van der Waals surface area contributed by atoms with Crippen molar-refractivity contribution < 1.29 is 4.79 Å². The molecule has 1 aromatic carbocycles. The van der Waals surface area contributed by atoms with Gasteiger partial charge in [0.15, 0.2) is 0 Å². The molecule has 0 aliphatic carbocycles. The molecule has 0 aliphatic heterocycles. The third kappa shape index (κ3) is 2.96. The van der Waals surface area contributed by atoms with Gasteiger partial charge >= 0.3 is 0 Å². The summed E-state index contributed by atoms with van der Waals surface area (Å²) in [6.07, 6.45) is 1.58. The molecule has 0 heterocycles. The molecule has 0 spiro atoms. The molecule has 0 saturated carbocycles. The fraction of sp³-hybridized carbons (Fsp3) is 0.167. The molecule has 0 bridgehead atoms. The lowest BCUT2D eigenvalue weighted by atomic mass is 10.00. The van der Waals surface area contributed by atoms with Gasteiger partial charge in [-0.05, 0) is 5.56 Å². The van der Waals surface area contributed by atoms with E-state index in [0.29, 0.717) is 12.1 Å². The fourth-order valence-electron chi connectivity index (χ4n) is 1.20. The highest BCUT2D eigenvalue weighted by Crippen LogP contribution is 2.14. The average molecular weight is 200 g/mol. The van der Waals surface area contributed by atoms with Crippen molar-refractivity contribution in [1.82, 2.24) is 5.32 Å². The summed E-state index contributed by atoms with van der Waals surface area (Å²) in [5.74, 6) is -1.03. The molecule has 0 aliphatic rings.